The van der Waals surface area contributed by atoms with Gasteiger partial charge in [-0.25, -0.2) is 0 Å². The van der Waals surface area contributed by atoms with Crippen molar-refractivity contribution >= 4 is 23.2 Å². The van der Waals surface area contributed by atoms with E-state index in [-0.39, 0.29) is 12.1 Å². The third-order valence-electron chi connectivity index (χ3n) is 2.52. The molecule has 1 atom stereocenters. The normalized spacial score (nSPS) is 13.1. The number of rotatable bonds is 6. The molecule has 0 saturated carbocycles. The Morgan fingerprint density at radius 1 is 1.29 bits per heavy atom. The van der Waals surface area contributed by atoms with Crippen molar-refractivity contribution in [2.45, 2.75) is 32.4 Å². The molecule has 1 aromatic rings. The van der Waals surface area contributed by atoms with Crippen molar-refractivity contribution in [3.05, 3.63) is 33.8 Å². The zero-order chi connectivity index (χ0) is 12.8. The van der Waals surface area contributed by atoms with Gasteiger partial charge in [0.15, 0.2) is 0 Å². The van der Waals surface area contributed by atoms with Gasteiger partial charge in [-0.05, 0) is 45.0 Å². The van der Waals surface area contributed by atoms with Crippen LogP contribution in [0.15, 0.2) is 18.2 Å². The zero-order valence-corrected chi connectivity index (χ0v) is 12.0. The predicted molar refractivity (Wildman–Crippen MR) is 74.1 cm³/mol. The summed E-state index contributed by atoms with van der Waals surface area (Å²) in [5.41, 5.74) is 1.09. The van der Waals surface area contributed by atoms with E-state index in [1.54, 1.807) is 6.07 Å². The molecule has 96 valence electrons. The molecule has 0 aliphatic rings. The quantitative estimate of drug-likeness (QED) is 0.858. The second kappa shape index (κ2) is 7.22. The van der Waals surface area contributed by atoms with Crippen LogP contribution in [0.5, 0.6) is 0 Å². The fourth-order valence-electron chi connectivity index (χ4n) is 1.51. The van der Waals surface area contributed by atoms with E-state index in [1.807, 2.05) is 33.0 Å². The van der Waals surface area contributed by atoms with E-state index in [0.717, 1.165) is 12.0 Å². The predicted octanol–water partition coefficient (Wildman–Crippen LogP) is 3.55. The number of ether oxygens (including phenoxy) is 1. The molecule has 0 aliphatic heterocycles. The number of nitrogens with one attached hydrogen (secondary N) is 1. The molecule has 0 saturated heterocycles. The molecule has 1 unspecified atom stereocenters. The average Bonchev–Trinajstić information content (AvgIpc) is 2.26. The fraction of sp³-hybridized carbons (Fsp3) is 0.538. The van der Waals surface area contributed by atoms with Gasteiger partial charge in [0.25, 0.3) is 0 Å². The van der Waals surface area contributed by atoms with Gasteiger partial charge in [-0.3, -0.25) is 0 Å². The molecule has 1 rings (SSSR count). The van der Waals surface area contributed by atoms with Crippen LogP contribution < -0.4 is 5.32 Å². The van der Waals surface area contributed by atoms with E-state index < -0.39 is 0 Å². The summed E-state index contributed by atoms with van der Waals surface area (Å²) in [5.74, 6) is 0. The van der Waals surface area contributed by atoms with E-state index in [0.29, 0.717) is 16.7 Å². The standard InChI is InChI=1S/C13H19Cl2NO/c1-9(2)17-8-12(16-3)6-10-4-5-11(14)7-13(10)15/h4-5,7,9,12,16H,6,8H2,1-3H3. The Morgan fingerprint density at radius 3 is 2.53 bits per heavy atom. The van der Waals surface area contributed by atoms with E-state index in [2.05, 4.69) is 5.32 Å². The molecule has 17 heavy (non-hydrogen) atoms. The molecule has 0 aromatic heterocycles. The second-order valence-electron chi connectivity index (χ2n) is 4.31. The topological polar surface area (TPSA) is 21.3 Å². The second-order valence-corrected chi connectivity index (χ2v) is 5.15. The lowest BCUT2D eigenvalue weighted by Crippen LogP contribution is -2.33. The number of halogens is 2. The maximum Gasteiger partial charge on any atom is 0.0626 e. The molecule has 0 heterocycles. The van der Waals surface area contributed by atoms with E-state index in [1.165, 1.54) is 0 Å². The minimum atomic E-state index is 0.242. The van der Waals surface area contributed by atoms with Gasteiger partial charge in [-0.1, -0.05) is 29.3 Å². The zero-order valence-electron chi connectivity index (χ0n) is 10.5. The molecule has 0 bridgehead atoms. The van der Waals surface area contributed by atoms with Gasteiger partial charge in [0.05, 0.1) is 12.7 Å². The minimum Gasteiger partial charge on any atom is -0.377 e. The summed E-state index contributed by atoms with van der Waals surface area (Å²) in [6.45, 7) is 4.73. The maximum absolute atomic E-state index is 6.14. The first-order chi connectivity index (χ1) is 8.02. The lowest BCUT2D eigenvalue weighted by molar-refractivity contribution is 0.0628. The Morgan fingerprint density at radius 2 is 2.00 bits per heavy atom. The fourth-order valence-corrected chi connectivity index (χ4v) is 1.99. The molecule has 0 fully saturated rings. The van der Waals surface area contributed by atoms with Crippen molar-refractivity contribution in [1.82, 2.24) is 5.32 Å². The molecular formula is C13H19Cl2NO. The highest BCUT2D eigenvalue weighted by atomic mass is 35.5. The Kier molecular flexibility index (Phi) is 6.28. The Hall–Kier alpha value is -0.280. The molecule has 0 aliphatic carbocycles. The molecule has 0 amide bonds. The molecule has 4 heteroatoms. The third-order valence-corrected chi connectivity index (χ3v) is 3.11. The largest absolute Gasteiger partial charge is 0.377 e. The van der Waals surface area contributed by atoms with Crippen molar-refractivity contribution in [2.24, 2.45) is 0 Å². The van der Waals surface area contributed by atoms with Crippen molar-refractivity contribution in [3.8, 4) is 0 Å². The lowest BCUT2D eigenvalue weighted by Gasteiger charge is -2.18. The molecule has 1 N–H and O–H groups in total. The van der Waals surface area contributed by atoms with Crippen molar-refractivity contribution in [2.75, 3.05) is 13.7 Å². The summed E-state index contributed by atoms with van der Waals surface area (Å²) >= 11 is 12.0. The van der Waals surface area contributed by atoms with Crippen LogP contribution in [0.2, 0.25) is 10.0 Å². The van der Waals surface area contributed by atoms with Gasteiger partial charge in [0, 0.05) is 16.1 Å². The maximum atomic E-state index is 6.14. The lowest BCUT2D eigenvalue weighted by atomic mass is 10.1. The Bertz CT molecular complexity index is 355. The third kappa shape index (κ3) is 5.26. The highest BCUT2D eigenvalue weighted by Gasteiger charge is 2.11. The van der Waals surface area contributed by atoms with Gasteiger partial charge < -0.3 is 10.1 Å². The van der Waals surface area contributed by atoms with Crippen LogP contribution in [-0.2, 0) is 11.2 Å². The summed E-state index contributed by atoms with van der Waals surface area (Å²) < 4.78 is 5.60. The first-order valence-corrected chi connectivity index (χ1v) is 6.51. The van der Waals surface area contributed by atoms with Crippen molar-refractivity contribution in [3.63, 3.8) is 0 Å². The summed E-state index contributed by atoms with van der Waals surface area (Å²) in [6.07, 6.45) is 1.07. The van der Waals surface area contributed by atoms with Gasteiger partial charge >= 0.3 is 0 Å². The van der Waals surface area contributed by atoms with Crippen LogP contribution in [-0.4, -0.2) is 25.8 Å². The van der Waals surface area contributed by atoms with E-state index in [9.17, 15) is 0 Å². The van der Waals surface area contributed by atoms with Crippen LogP contribution in [0.25, 0.3) is 0 Å². The molecular weight excluding hydrogens is 257 g/mol. The van der Waals surface area contributed by atoms with Crippen LogP contribution in [0.1, 0.15) is 19.4 Å². The van der Waals surface area contributed by atoms with Gasteiger partial charge in [-0.15, -0.1) is 0 Å². The number of hydrogen-bond donors (Lipinski definition) is 1. The van der Waals surface area contributed by atoms with Crippen LogP contribution in [0.3, 0.4) is 0 Å². The number of hydrogen-bond acceptors (Lipinski definition) is 2. The van der Waals surface area contributed by atoms with Crippen LogP contribution >= 0.6 is 23.2 Å². The van der Waals surface area contributed by atoms with Crippen LogP contribution in [0, 0.1) is 0 Å². The van der Waals surface area contributed by atoms with Crippen molar-refractivity contribution < 1.29 is 4.74 Å². The smallest absolute Gasteiger partial charge is 0.0626 e. The summed E-state index contributed by atoms with van der Waals surface area (Å²) in [5, 5.41) is 4.61. The Labute approximate surface area is 113 Å². The molecule has 1 aromatic carbocycles. The summed E-state index contributed by atoms with van der Waals surface area (Å²) in [6, 6.07) is 5.86. The van der Waals surface area contributed by atoms with Gasteiger partial charge in [0.1, 0.15) is 0 Å². The molecule has 2 nitrogen and oxygen atoms in total. The van der Waals surface area contributed by atoms with Crippen LogP contribution in [0.4, 0.5) is 0 Å². The van der Waals surface area contributed by atoms with Crippen molar-refractivity contribution in [1.29, 1.82) is 0 Å². The number of benzene rings is 1. The molecule has 0 spiro atoms. The van der Waals surface area contributed by atoms with Gasteiger partial charge in [-0.2, -0.15) is 0 Å². The first-order valence-electron chi connectivity index (χ1n) is 5.75. The number of likely N-dealkylation sites (N-methyl/N-ethyl adjacent to an activating group) is 1. The highest BCUT2D eigenvalue weighted by Crippen LogP contribution is 2.22. The molecule has 0 radical (unpaired) electrons. The summed E-state index contributed by atoms with van der Waals surface area (Å²) in [7, 11) is 1.93. The highest BCUT2D eigenvalue weighted by molar-refractivity contribution is 6.35. The average molecular weight is 276 g/mol. The first kappa shape index (κ1) is 14.8. The Balaban J connectivity index is 2.60. The van der Waals surface area contributed by atoms with Gasteiger partial charge in [0.2, 0.25) is 0 Å². The van der Waals surface area contributed by atoms with E-state index >= 15 is 0 Å². The minimum absolute atomic E-state index is 0.242. The monoisotopic (exact) mass is 275 g/mol. The SMILES string of the molecule is CNC(COC(C)C)Cc1ccc(Cl)cc1Cl. The summed E-state index contributed by atoms with van der Waals surface area (Å²) in [4.78, 5) is 0. The van der Waals surface area contributed by atoms with E-state index in [4.69, 9.17) is 27.9 Å².